The summed E-state index contributed by atoms with van der Waals surface area (Å²) in [6.07, 6.45) is 1.80. The highest BCUT2D eigenvalue weighted by molar-refractivity contribution is 7.14. The van der Waals surface area contributed by atoms with Gasteiger partial charge in [-0.3, -0.25) is 9.69 Å². The number of benzene rings is 2. The molecular formula is C23H23FN2O4S. The van der Waals surface area contributed by atoms with Crippen LogP contribution in [0.1, 0.15) is 23.2 Å². The van der Waals surface area contributed by atoms with Crippen molar-refractivity contribution < 1.29 is 23.4 Å². The van der Waals surface area contributed by atoms with Crippen molar-refractivity contribution in [3.63, 3.8) is 0 Å². The lowest BCUT2D eigenvalue weighted by Crippen LogP contribution is -2.37. The van der Waals surface area contributed by atoms with Crippen molar-refractivity contribution in [3.8, 4) is 22.8 Å². The summed E-state index contributed by atoms with van der Waals surface area (Å²) in [6.45, 7) is 1.08. The molecule has 1 aliphatic rings. The molecule has 0 bridgehead atoms. The summed E-state index contributed by atoms with van der Waals surface area (Å²) in [5.41, 5.74) is 1.85. The standard InChI is InChI=1S/C23H23FN2O4S/c1-28-17-9-10-21(29-2)19(12-17)20-14-31-23(25-20)26(13-18-4-3-11-30-18)22(27)15-5-7-16(24)8-6-15/h5-10,12,14,18H,3-4,11,13H2,1-2H3. The molecule has 0 spiro atoms. The molecule has 31 heavy (non-hydrogen) atoms. The second-order valence-corrected chi connectivity index (χ2v) is 7.98. The van der Waals surface area contributed by atoms with Gasteiger partial charge in [0, 0.05) is 23.1 Å². The maximum Gasteiger partial charge on any atom is 0.260 e. The quantitative estimate of drug-likeness (QED) is 0.526. The van der Waals surface area contributed by atoms with Gasteiger partial charge in [0.25, 0.3) is 5.91 Å². The van der Waals surface area contributed by atoms with Gasteiger partial charge in [-0.05, 0) is 55.3 Å². The Bertz CT molecular complexity index is 1050. The number of methoxy groups -OCH3 is 2. The van der Waals surface area contributed by atoms with Crippen LogP contribution in [0.4, 0.5) is 9.52 Å². The van der Waals surface area contributed by atoms with Gasteiger partial charge in [0.15, 0.2) is 5.13 Å². The summed E-state index contributed by atoms with van der Waals surface area (Å²) in [7, 11) is 3.20. The van der Waals surface area contributed by atoms with Crippen LogP contribution < -0.4 is 14.4 Å². The van der Waals surface area contributed by atoms with E-state index in [1.54, 1.807) is 19.1 Å². The molecule has 1 unspecified atom stereocenters. The van der Waals surface area contributed by atoms with Gasteiger partial charge in [-0.1, -0.05) is 0 Å². The number of ether oxygens (including phenoxy) is 3. The van der Waals surface area contributed by atoms with Crippen LogP contribution in [0.15, 0.2) is 47.8 Å². The third-order valence-electron chi connectivity index (χ3n) is 5.15. The van der Waals surface area contributed by atoms with Crippen molar-refractivity contribution in [2.75, 3.05) is 32.3 Å². The monoisotopic (exact) mass is 442 g/mol. The first-order valence-corrected chi connectivity index (χ1v) is 10.8. The van der Waals surface area contributed by atoms with E-state index in [9.17, 15) is 9.18 Å². The molecule has 2 aromatic carbocycles. The predicted molar refractivity (Wildman–Crippen MR) is 118 cm³/mol. The second-order valence-electron chi connectivity index (χ2n) is 7.14. The van der Waals surface area contributed by atoms with Gasteiger partial charge in [0.1, 0.15) is 17.3 Å². The third-order valence-corrected chi connectivity index (χ3v) is 6.02. The van der Waals surface area contributed by atoms with Gasteiger partial charge in [-0.15, -0.1) is 11.3 Å². The lowest BCUT2D eigenvalue weighted by molar-refractivity contribution is 0.0917. The molecule has 0 aliphatic carbocycles. The summed E-state index contributed by atoms with van der Waals surface area (Å²) in [5, 5.41) is 2.43. The fourth-order valence-corrected chi connectivity index (χ4v) is 4.35. The molecule has 1 aromatic heterocycles. The van der Waals surface area contributed by atoms with E-state index in [4.69, 9.17) is 19.2 Å². The zero-order valence-corrected chi connectivity index (χ0v) is 18.2. The molecule has 4 rings (SSSR count). The number of rotatable bonds is 7. The first-order valence-electron chi connectivity index (χ1n) is 9.96. The smallest absolute Gasteiger partial charge is 0.260 e. The number of amides is 1. The average molecular weight is 443 g/mol. The summed E-state index contributed by atoms with van der Waals surface area (Å²) in [5.74, 6) is 0.718. The molecule has 0 radical (unpaired) electrons. The second kappa shape index (κ2) is 9.45. The highest BCUT2D eigenvalue weighted by Gasteiger charge is 2.27. The van der Waals surface area contributed by atoms with Crippen molar-refractivity contribution in [2.45, 2.75) is 18.9 Å². The van der Waals surface area contributed by atoms with Crippen LogP contribution >= 0.6 is 11.3 Å². The zero-order chi connectivity index (χ0) is 21.8. The molecule has 0 saturated carbocycles. The molecule has 1 saturated heterocycles. The van der Waals surface area contributed by atoms with Gasteiger partial charge in [-0.2, -0.15) is 0 Å². The van der Waals surface area contributed by atoms with Crippen molar-refractivity contribution >= 4 is 22.4 Å². The van der Waals surface area contributed by atoms with Crippen LogP contribution in [-0.4, -0.2) is 44.4 Å². The van der Waals surface area contributed by atoms with Crippen LogP contribution in [0.5, 0.6) is 11.5 Å². The van der Waals surface area contributed by atoms with E-state index in [1.807, 2.05) is 23.6 Å². The van der Waals surface area contributed by atoms with E-state index in [0.717, 1.165) is 18.4 Å². The van der Waals surface area contributed by atoms with Gasteiger partial charge < -0.3 is 14.2 Å². The largest absolute Gasteiger partial charge is 0.497 e. The molecular weight excluding hydrogens is 419 g/mol. The van der Waals surface area contributed by atoms with Crippen molar-refractivity contribution in [3.05, 3.63) is 59.2 Å². The Morgan fingerprint density at radius 3 is 2.71 bits per heavy atom. The number of aromatic nitrogens is 1. The molecule has 1 amide bonds. The number of nitrogens with zero attached hydrogens (tertiary/aromatic N) is 2. The van der Waals surface area contributed by atoms with E-state index in [2.05, 4.69) is 0 Å². The van der Waals surface area contributed by atoms with Crippen molar-refractivity contribution in [1.29, 1.82) is 0 Å². The predicted octanol–water partition coefficient (Wildman–Crippen LogP) is 4.79. The number of hydrogen-bond donors (Lipinski definition) is 0. The Morgan fingerprint density at radius 2 is 2.03 bits per heavy atom. The van der Waals surface area contributed by atoms with E-state index in [1.165, 1.54) is 35.6 Å². The normalized spacial score (nSPS) is 15.6. The van der Waals surface area contributed by atoms with Gasteiger partial charge in [-0.25, -0.2) is 9.37 Å². The van der Waals surface area contributed by atoms with Crippen molar-refractivity contribution in [1.82, 2.24) is 4.98 Å². The van der Waals surface area contributed by atoms with Crippen LogP contribution in [0.25, 0.3) is 11.3 Å². The minimum absolute atomic E-state index is 0.0527. The topological polar surface area (TPSA) is 60.9 Å². The average Bonchev–Trinajstić information content (AvgIpc) is 3.49. The maximum absolute atomic E-state index is 13.3. The minimum atomic E-state index is -0.385. The number of carbonyl (C=O) groups is 1. The van der Waals surface area contributed by atoms with Crippen LogP contribution in [0.3, 0.4) is 0 Å². The Morgan fingerprint density at radius 1 is 1.23 bits per heavy atom. The summed E-state index contributed by atoms with van der Waals surface area (Å²) in [6, 6.07) is 11.0. The van der Waals surface area contributed by atoms with Gasteiger partial charge in [0.2, 0.25) is 0 Å². The summed E-state index contributed by atoms with van der Waals surface area (Å²) < 4.78 is 29.9. The van der Waals surface area contributed by atoms with E-state index in [0.29, 0.717) is 41.0 Å². The van der Waals surface area contributed by atoms with E-state index in [-0.39, 0.29) is 17.8 Å². The van der Waals surface area contributed by atoms with E-state index >= 15 is 0 Å². The molecule has 162 valence electrons. The van der Waals surface area contributed by atoms with Crippen LogP contribution in [0.2, 0.25) is 0 Å². The number of halogens is 1. The highest BCUT2D eigenvalue weighted by Crippen LogP contribution is 2.36. The molecule has 6 nitrogen and oxygen atoms in total. The van der Waals surface area contributed by atoms with E-state index < -0.39 is 0 Å². The SMILES string of the molecule is COc1ccc(OC)c(-c2csc(N(CC3CCCO3)C(=O)c3ccc(F)cc3)n2)c1. The van der Waals surface area contributed by atoms with Crippen LogP contribution in [0, 0.1) is 5.82 Å². The Hall–Kier alpha value is -2.97. The number of anilines is 1. The fourth-order valence-electron chi connectivity index (χ4n) is 3.51. The molecule has 8 heteroatoms. The lowest BCUT2D eigenvalue weighted by atomic mass is 10.1. The number of carbonyl (C=O) groups excluding carboxylic acids is 1. The Labute approximate surface area is 184 Å². The molecule has 1 aliphatic heterocycles. The highest BCUT2D eigenvalue weighted by atomic mass is 32.1. The third kappa shape index (κ3) is 4.70. The van der Waals surface area contributed by atoms with Crippen LogP contribution in [-0.2, 0) is 4.74 Å². The molecule has 0 N–H and O–H groups in total. The minimum Gasteiger partial charge on any atom is -0.497 e. The fraction of sp³-hybridized carbons (Fsp3) is 0.304. The Balaban J connectivity index is 1.68. The molecule has 2 heterocycles. The first-order chi connectivity index (χ1) is 15.1. The van der Waals surface area contributed by atoms with Gasteiger partial charge in [0.05, 0.1) is 32.6 Å². The molecule has 3 aromatic rings. The molecule has 1 fully saturated rings. The first kappa shape index (κ1) is 21.3. The number of hydrogen-bond acceptors (Lipinski definition) is 6. The number of thiazole rings is 1. The summed E-state index contributed by atoms with van der Waals surface area (Å²) in [4.78, 5) is 19.6. The van der Waals surface area contributed by atoms with Gasteiger partial charge >= 0.3 is 0 Å². The zero-order valence-electron chi connectivity index (χ0n) is 17.3. The lowest BCUT2D eigenvalue weighted by Gasteiger charge is -2.23. The van der Waals surface area contributed by atoms with Crippen molar-refractivity contribution in [2.24, 2.45) is 0 Å². The Kier molecular flexibility index (Phi) is 6.48. The molecule has 1 atom stereocenters. The summed E-state index contributed by atoms with van der Waals surface area (Å²) >= 11 is 1.36. The maximum atomic E-state index is 13.3.